The van der Waals surface area contributed by atoms with Gasteiger partial charge in [-0.3, -0.25) is 0 Å². The van der Waals surface area contributed by atoms with Gasteiger partial charge in [0.2, 0.25) is 0 Å². The lowest BCUT2D eigenvalue weighted by Gasteiger charge is -2.46. The molecule has 0 bridgehead atoms. The Bertz CT molecular complexity index is 132. The van der Waals surface area contributed by atoms with Crippen LogP contribution < -0.4 is 5.73 Å². The standard InChI is InChI=1S/C9H17N/c1-7-4-9(5-7,6-10)8-2-3-8/h7-8H,2-6,10H2,1H3. The van der Waals surface area contributed by atoms with Crippen molar-refractivity contribution < 1.29 is 0 Å². The molecule has 0 radical (unpaired) electrons. The van der Waals surface area contributed by atoms with E-state index in [-0.39, 0.29) is 0 Å². The highest BCUT2D eigenvalue weighted by molar-refractivity contribution is 5.02. The third-order valence-electron chi connectivity index (χ3n) is 3.36. The molecule has 2 fully saturated rings. The quantitative estimate of drug-likeness (QED) is 0.620. The second-order valence-electron chi connectivity index (χ2n) is 4.35. The summed E-state index contributed by atoms with van der Waals surface area (Å²) in [6.45, 7) is 3.29. The fraction of sp³-hybridized carbons (Fsp3) is 1.00. The van der Waals surface area contributed by atoms with Crippen LogP contribution in [0.15, 0.2) is 0 Å². The minimum Gasteiger partial charge on any atom is -0.330 e. The number of rotatable bonds is 2. The van der Waals surface area contributed by atoms with Crippen molar-refractivity contribution in [1.82, 2.24) is 0 Å². The van der Waals surface area contributed by atoms with E-state index in [1.165, 1.54) is 25.7 Å². The van der Waals surface area contributed by atoms with E-state index in [2.05, 4.69) is 6.92 Å². The van der Waals surface area contributed by atoms with E-state index >= 15 is 0 Å². The molecule has 2 aliphatic carbocycles. The van der Waals surface area contributed by atoms with Gasteiger partial charge < -0.3 is 5.73 Å². The monoisotopic (exact) mass is 139 g/mol. The van der Waals surface area contributed by atoms with Crippen LogP contribution in [-0.4, -0.2) is 6.54 Å². The van der Waals surface area contributed by atoms with Gasteiger partial charge in [-0.15, -0.1) is 0 Å². The van der Waals surface area contributed by atoms with Gasteiger partial charge in [0.1, 0.15) is 0 Å². The lowest BCUT2D eigenvalue weighted by atomic mass is 9.60. The minimum atomic E-state index is 0.624. The van der Waals surface area contributed by atoms with Gasteiger partial charge in [-0.1, -0.05) is 6.92 Å². The van der Waals surface area contributed by atoms with E-state index in [0.717, 1.165) is 18.4 Å². The highest BCUT2D eigenvalue weighted by atomic mass is 14.7. The van der Waals surface area contributed by atoms with Crippen molar-refractivity contribution in [2.24, 2.45) is 23.0 Å². The molecule has 58 valence electrons. The average Bonchev–Trinajstić information content (AvgIpc) is 2.61. The van der Waals surface area contributed by atoms with Crippen LogP contribution in [0, 0.1) is 17.3 Å². The zero-order chi connectivity index (χ0) is 7.19. The van der Waals surface area contributed by atoms with E-state index in [0.29, 0.717) is 5.41 Å². The summed E-state index contributed by atoms with van der Waals surface area (Å²) in [5.41, 5.74) is 6.40. The van der Waals surface area contributed by atoms with Crippen LogP contribution >= 0.6 is 0 Å². The Kier molecular flexibility index (Phi) is 1.31. The van der Waals surface area contributed by atoms with Crippen LogP contribution in [0.1, 0.15) is 32.6 Å². The minimum absolute atomic E-state index is 0.624. The fourth-order valence-electron chi connectivity index (χ4n) is 2.69. The van der Waals surface area contributed by atoms with E-state index in [1.807, 2.05) is 0 Å². The first-order valence-electron chi connectivity index (χ1n) is 4.47. The highest BCUT2D eigenvalue weighted by Gasteiger charge is 2.50. The molecule has 1 heteroatoms. The zero-order valence-corrected chi connectivity index (χ0v) is 6.77. The molecule has 2 saturated carbocycles. The van der Waals surface area contributed by atoms with E-state index in [4.69, 9.17) is 5.73 Å². The Morgan fingerprint density at radius 2 is 2.00 bits per heavy atom. The molecule has 0 aromatic rings. The first-order chi connectivity index (χ1) is 4.77. The van der Waals surface area contributed by atoms with E-state index in [9.17, 15) is 0 Å². The van der Waals surface area contributed by atoms with Crippen LogP contribution in [0.4, 0.5) is 0 Å². The molecule has 0 atom stereocenters. The summed E-state index contributed by atoms with van der Waals surface area (Å²) in [6, 6.07) is 0. The fourth-order valence-corrected chi connectivity index (χ4v) is 2.69. The van der Waals surface area contributed by atoms with Gasteiger partial charge in [-0.25, -0.2) is 0 Å². The van der Waals surface area contributed by atoms with Crippen LogP contribution in [0.5, 0.6) is 0 Å². The van der Waals surface area contributed by atoms with Crippen molar-refractivity contribution in [2.45, 2.75) is 32.6 Å². The molecule has 0 spiro atoms. The maximum atomic E-state index is 5.77. The molecule has 0 aromatic carbocycles. The van der Waals surface area contributed by atoms with Crippen molar-refractivity contribution in [1.29, 1.82) is 0 Å². The smallest absolute Gasteiger partial charge is 0.00177 e. The molecule has 0 saturated heterocycles. The normalized spacial score (nSPS) is 46.8. The number of nitrogens with two attached hydrogens (primary N) is 1. The Morgan fingerprint density at radius 3 is 2.30 bits per heavy atom. The molecule has 0 heterocycles. The van der Waals surface area contributed by atoms with Crippen LogP contribution in [0.2, 0.25) is 0 Å². The van der Waals surface area contributed by atoms with Crippen LogP contribution in [-0.2, 0) is 0 Å². The van der Waals surface area contributed by atoms with Crippen molar-refractivity contribution in [2.75, 3.05) is 6.54 Å². The summed E-state index contributed by atoms with van der Waals surface area (Å²) in [7, 11) is 0. The zero-order valence-electron chi connectivity index (χ0n) is 6.77. The lowest BCUT2D eigenvalue weighted by molar-refractivity contribution is 0.0502. The molecule has 2 rings (SSSR count). The Hall–Kier alpha value is -0.0400. The van der Waals surface area contributed by atoms with Gasteiger partial charge >= 0.3 is 0 Å². The van der Waals surface area contributed by atoms with Crippen molar-refractivity contribution in [3.63, 3.8) is 0 Å². The highest BCUT2D eigenvalue weighted by Crippen LogP contribution is 2.58. The second kappa shape index (κ2) is 1.97. The van der Waals surface area contributed by atoms with Crippen molar-refractivity contribution in [3.05, 3.63) is 0 Å². The van der Waals surface area contributed by atoms with Gasteiger partial charge in [0.25, 0.3) is 0 Å². The second-order valence-corrected chi connectivity index (χ2v) is 4.35. The maximum absolute atomic E-state index is 5.77. The van der Waals surface area contributed by atoms with Crippen molar-refractivity contribution in [3.8, 4) is 0 Å². The van der Waals surface area contributed by atoms with Gasteiger partial charge in [-0.05, 0) is 49.5 Å². The van der Waals surface area contributed by atoms with E-state index < -0.39 is 0 Å². The molecular formula is C9H17N. The summed E-state index contributed by atoms with van der Waals surface area (Å²) in [5.74, 6) is 1.98. The molecule has 2 N–H and O–H groups in total. The molecule has 0 aliphatic heterocycles. The van der Waals surface area contributed by atoms with Gasteiger partial charge in [0, 0.05) is 0 Å². The van der Waals surface area contributed by atoms with Gasteiger partial charge in [0.05, 0.1) is 0 Å². The Labute approximate surface area is 63.0 Å². The predicted octanol–water partition coefficient (Wildman–Crippen LogP) is 1.77. The third-order valence-corrected chi connectivity index (χ3v) is 3.36. The van der Waals surface area contributed by atoms with Crippen LogP contribution in [0.3, 0.4) is 0 Å². The topological polar surface area (TPSA) is 26.0 Å². The van der Waals surface area contributed by atoms with Crippen molar-refractivity contribution >= 4 is 0 Å². The first kappa shape index (κ1) is 6.66. The van der Waals surface area contributed by atoms with Gasteiger partial charge in [0.15, 0.2) is 0 Å². The largest absolute Gasteiger partial charge is 0.330 e. The predicted molar refractivity (Wildman–Crippen MR) is 42.6 cm³/mol. The Morgan fingerprint density at radius 1 is 1.40 bits per heavy atom. The molecule has 0 unspecified atom stereocenters. The first-order valence-corrected chi connectivity index (χ1v) is 4.47. The maximum Gasteiger partial charge on any atom is -0.00177 e. The molecule has 2 aliphatic rings. The lowest BCUT2D eigenvalue weighted by Crippen LogP contribution is -2.43. The molecule has 10 heavy (non-hydrogen) atoms. The SMILES string of the molecule is CC1CC(CN)(C2CC2)C1. The summed E-state index contributed by atoms with van der Waals surface area (Å²) in [4.78, 5) is 0. The average molecular weight is 139 g/mol. The molecule has 0 amide bonds. The summed E-state index contributed by atoms with van der Waals surface area (Å²) in [5, 5.41) is 0. The Balaban J connectivity index is 1.97. The van der Waals surface area contributed by atoms with Crippen LogP contribution in [0.25, 0.3) is 0 Å². The number of hydrogen-bond acceptors (Lipinski definition) is 1. The number of hydrogen-bond donors (Lipinski definition) is 1. The summed E-state index contributed by atoms with van der Waals surface area (Å²) < 4.78 is 0. The molecule has 1 nitrogen and oxygen atoms in total. The molecular weight excluding hydrogens is 122 g/mol. The third kappa shape index (κ3) is 0.800. The van der Waals surface area contributed by atoms with Gasteiger partial charge in [-0.2, -0.15) is 0 Å². The summed E-state index contributed by atoms with van der Waals surface area (Å²) in [6.07, 6.45) is 5.75. The van der Waals surface area contributed by atoms with E-state index in [1.54, 1.807) is 0 Å². The molecule has 0 aromatic heterocycles. The summed E-state index contributed by atoms with van der Waals surface area (Å²) >= 11 is 0.